The van der Waals surface area contributed by atoms with Crippen LogP contribution >= 0.6 is 0 Å². The molecule has 5 rings (SSSR count). The Morgan fingerprint density at radius 3 is 3.10 bits per heavy atom. The zero-order valence-corrected chi connectivity index (χ0v) is 16.5. The van der Waals surface area contributed by atoms with Crippen molar-refractivity contribution in [3.05, 3.63) is 54.0 Å². The van der Waals surface area contributed by atoms with Crippen LogP contribution < -0.4 is 10.1 Å². The van der Waals surface area contributed by atoms with E-state index in [1.165, 1.54) is 5.69 Å². The summed E-state index contributed by atoms with van der Waals surface area (Å²) in [6.07, 6.45) is 2.94. The number of nitrogens with one attached hydrogen (secondary N) is 1. The first kappa shape index (κ1) is 18.5. The van der Waals surface area contributed by atoms with Gasteiger partial charge in [-0.3, -0.25) is 14.6 Å². The third-order valence-electron chi connectivity index (χ3n) is 5.82. The zero-order chi connectivity index (χ0) is 19.6. The second-order valence-electron chi connectivity index (χ2n) is 7.95. The lowest BCUT2D eigenvalue weighted by atomic mass is 10.0. The number of fused-ring (bicyclic) bond motifs is 2. The molecule has 0 saturated carbocycles. The van der Waals surface area contributed by atoms with Crippen LogP contribution in [0.15, 0.2) is 42.6 Å². The molecule has 1 saturated heterocycles. The normalized spacial score (nSPS) is 22.9. The van der Waals surface area contributed by atoms with Crippen molar-refractivity contribution in [2.24, 2.45) is 0 Å². The lowest BCUT2D eigenvalue weighted by Gasteiger charge is -2.35. The van der Waals surface area contributed by atoms with Crippen molar-refractivity contribution in [1.82, 2.24) is 25.0 Å². The highest BCUT2D eigenvalue weighted by Crippen LogP contribution is 2.27. The maximum Gasteiger partial charge on any atom is 0.129 e. The Morgan fingerprint density at radius 1 is 1.21 bits per heavy atom. The number of pyridine rings is 1. The second kappa shape index (κ2) is 8.10. The number of aromatic nitrogens is 3. The molecule has 152 valence electrons. The number of aryl methyl sites for hydroxylation is 1. The molecular formula is C22H27N5O2. The fourth-order valence-corrected chi connectivity index (χ4v) is 4.33. The Kier molecular flexibility index (Phi) is 5.18. The number of β-amino-alcohol motifs (C(OH)–C–C–N with tert-alkyl or cyclic N) is 1. The van der Waals surface area contributed by atoms with Gasteiger partial charge in [-0.1, -0.05) is 6.07 Å². The fraction of sp³-hybridized carbons (Fsp3) is 0.455. The third kappa shape index (κ3) is 3.99. The predicted octanol–water partition coefficient (Wildman–Crippen LogP) is 1.94. The number of piperidine rings is 1. The van der Waals surface area contributed by atoms with E-state index in [9.17, 15) is 5.11 Å². The lowest BCUT2D eigenvalue weighted by molar-refractivity contribution is -0.0272. The molecule has 2 aliphatic heterocycles. The van der Waals surface area contributed by atoms with Crippen molar-refractivity contribution in [1.29, 1.82) is 0 Å². The summed E-state index contributed by atoms with van der Waals surface area (Å²) in [6.45, 7) is 5.14. The number of likely N-dealkylation sites (tertiary alicyclic amines) is 1. The van der Waals surface area contributed by atoms with Crippen LogP contribution in [0.5, 0.6) is 5.75 Å². The minimum atomic E-state index is -0.530. The number of benzene rings is 1. The van der Waals surface area contributed by atoms with Crippen LogP contribution in [0.4, 0.5) is 0 Å². The van der Waals surface area contributed by atoms with Gasteiger partial charge in [0.05, 0.1) is 16.9 Å². The molecule has 2 N–H and O–H groups in total. The molecule has 7 nitrogen and oxygen atoms in total. The second-order valence-corrected chi connectivity index (χ2v) is 7.95. The summed E-state index contributed by atoms with van der Waals surface area (Å²) < 4.78 is 8.34. The number of hydrogen-bond acceptors (Lipinski definition) is 6. The van der Waals surface area contributed by atoms with Crippen molar-refractivity contribution in [2.45, 2.75) is 44.7 Å². The first-order valence-electron chi connectivity index (χ1n) is 10.4. The molecular weight excluding hydrogens is 366 g/mol. The van der Waals surface area contributed by atoms with E-state index >= 15 is 0 Å². The van der Waals surface area contributed by atoms with E-state index in [0.29, 0.717) is 6.54 Å². The maximum atomic E-state index is 10.7. The molecule has 1 fully saturated rings. The van der Waals surface area contributed by atoms with E-state index in [-0.39, 0.29) is 6.10 Å². The van der Waals surface area contributed by atoms with Crippen LogP contribution in [0.3, 0.4) is 0 Å². The summed E-state index contributed by atoms with van der Waals surface area (Å²) in [4.78, 5) is 6.65. The monoisotopic (exact) mass is 393 g/mol. The Labute approximate surface area is 170 Å². The van der Waals surface area contributed by atoms with Gasteiger partial charge in [-0.15, -0.1) is 0 Å². The number of aliphatic hydroxyl groups excluding tert-OH is 1. The van der Waals surface area contributed by atoms with Gasteiger partial charge in [0.1, 0.15) is 18.0 Å². The maximum absolute atomic E-state index is 10.7. The topological polar surface area (TPSA) is 75.4 Å². The summed E-state index contributed by atoms with van der Waals surface area (Å²) >= 11 is 0. The van der Waals surface area contributed by atoms with Gasteiger partial charge in [0.2, 0.25) is 0 Å². The zero-order valence-electron chi connectivity index (χ0n) is 16.5. The van der Waals surface area contributed by atoms with Gasteiger partial charge in [-0.2, -0.15) is 5.10 Å². The van der Waals surface area contributed by atoms with Crippen LogP contribution in [0, 0.1) is 0 Å². The molecule has 2 aliphatic rings. The van der Waals surface area contributed by atoms with Crippen molar-refractivity contribution < 1.29 is 9.84 Å². The van der Waals surface area contributed by atoms with Gasteiger partial charge in [-0.05, 0) is 49.7 Å². The molecule has 0 unspecified atom stereocenters. The average molecular weight is 393 g/mol. The quantitative estimate of drug-likeness (QED) is 0.706. The average Bonchev–Trinajstić information content (AvgIpc) is 2.98. The van der Waals surface area contributed by atoms with Crippen molar-refractivity contribution >= 4 is 10.9 Å². The van der Waals surface area contributed by atoms with Crippen molar-refractivity contribution in [3.8, 4) is 5.75 Å². The van der Waals surface area contributed by atoms with Gasteiger partial charge in [0.15, 0.2) is 0 Å². The molecule has 4 heterocycles. The minimum Gasteiger partial charge on any atom is -0.487 e. The van der Waals surface area contributed by atoms with Crippen LogP contribution in [-0.4, -0.2) is 56.6 Å². The van der Waals surface area contributed by atoms with E-state index in [1.807, 2.05) is 30.3 Å². The van der Waals surface area contributed by atoms with E-state index in [1.54, 1.807) is 6.20 Å². The number of rotatable bonds is 4. The van der Waals surface area contributed by atoms with E-state index in [0.717, 1.165) is 67.9 Å². The Bertz CT molecular complexity index is 959. The van der Waals surface area contributed by atoms with Gasteiger partial charge < -0.3 is 15.2 Å². The standard InChI is InChI=1S/C22H27N5O2/c28-20-15-26(14-16-12-17-13-23-8-3-10-27(17)25-16)11-7-22(20)29-21-6-1-5-19-18(21)4-2-9-24-19/h1-2,4-6,9,12,20,22-23,28H,3,7-8,10-11,13-15H2/t20-,22-/m1/s1. The molecule has 7 heteroatoms. The van der Waals surface area contributed by atoms with E-state index in [4.69, 9.17) is 9.84 Å². The number of hydrogen-bond donors (Lipinski definition) is 2. The van der Waals surface area contributed by atoms with Gasteiger partial charge in [0.25, 0.3) is 0 Å². The van der Waals surface area contributed by atoms with Crippen molar-refractivity contribution in [2.75, 3.05) is 19.6 Å². The fourth-order valence-electron chi connectivity index (χ4n) is 4.33. The highest BCUT2D eigenvalue weighted by atomic mass is 16.5. The first-order valence-corrected chi connectivity index (χ1v) is 10.4. The molecule has 0 spiro atoms. The summed E-state index contributed by atoms with van der Waals surface area (Å²) in [7, 11) is 0. The predicted molar refractivity (Wildman–Crippen MR) is 111 cm³/mol. The molecule has 2 atom stereocenters. The molecule has 3 aromatic rings. The molecule has 0 amide bonds. The molecule has 0 radical (unpaired) electrons. The molecule has 0 aliphatic carbocycles. The molecule has 29 heavy (non-hydrogen) atoms. The number of nitrogens with zero attached hydrogens (tertiary/aromatic N) is 4. The Balaban J connectivity index is 1.23. The summed E-state index contributed by atoms with van der Waals surface area (Å²) in [5.41, 5.74) is 3.24. The van der Waals surface area contributed by atoms with Gasteiger partial charge in [0, 0.05) is 44.3 Å². The Hall–Kier alpha value is -2.48. The molecule has 1 aromatic carbocycles. The van der Waals surface area contributed by atoms with E-state index < -0.39 is 6.10 Å². The third-order valence-corrected chi connectivity index (χ3v) is 5.82. The van der Waals surface area contributed by atoms with Gasteiger partial charge >= 0.3 is 0 Å². The van der Waals surface area contributed by atoms with Crippen LogP contribution in [0.25, 0.3) is 10.9 Å². The molecule has 0 bridgehead atoms. The minimum absolute atomic E-state index is 0.208. The summed E-state index contributed by atoms with van der Waals surface area (Å²) in [5.74, 6) is 0.790. The Morgan fingerprint density at radius 2 is 2.17 bits per heavy atom. The first-order chi connectivity index (χ1) is 14.3. The van der Waals surface area contributed by atoms with Crippen molar-refractivity contribution in [3.63, 3.8) is 0 Å². The SMILES string of the molecule is O[C@@H]1CN(Cc2cc3n(n2)CCCNC3)CC[C@H]1Oc1cccc2ncccc12. The van der Waals surface area contributed by atoms with Gasteiger partial charge in [-0.25, -0.2) is 0 Å². The highest BCUT2D eigenvalue weighted by Gasteiger charge is 2.30. The summed E-state index contributed by atoms with van der Waals surface area (Å²) in [6, 6.07) is 12.0. The summed E-state index contributed by atoms with van der Waals surface area (Å²) in [5, 5.41) is 19.9. The van der Waals surface area contributed by atoms with Crippen LogP contribution in [0.2, 0.25) is 0 Å². The van der Waals surface area contributed by atoms with Crippen LogP contribution in [-0.2, 0) is 19.6 Å². The lowest BCUT2D eigenvalue weighted by Crippen LogP contribution is -2.48. The highest BCUT2D eigenvalue weighted by molar-refractivity contribution is 5.84. The molecule has 2 aromatic heterocycles. The smallest absolute Gasteiger partial charge is 0.129 e. The largest absolute Gasteiger partial charge is 0.487 e. The number of ether oxygens (including phenoxy) is 1. The number of aliphatic hydroxyl groups is 1. The van der Waals surface area contributed by atoms with Crippen LogP contribution in [0.1, 0.15) is 24.2 Å². The van der Waals surface area contributed by atoms with E-state index in [2.05, 4.69) is 25.9 Å².